The van der Waals surface area contributed by atoms with Crippen LogP contribution in [0.15, 0.2) is 23.9 Å². The van der Waals surface area contributed by atoms with Crippen molar-refractivity contribution in [3.63, 3.8) is 0 Å². The predicted molar refractivity (Wildman–Crippen MR) is 101 cm³/mol. The molecule has 3 aliphatic heterocycles. The highest BCUT2D eigenvalue weighted by Gasteiger charge is 2.43. The number of ether oxygens (including phenoxy) is 2. The first-order chi connectivity index (χ1) is 13.1. The minimum Gasteiger partial charge on any atom is -0.378 e. The van der Waals surface area contributed by atoms with Crippen molar-refractivity contribution >= 4 is 17.4 Å². The third-order valence-corrected chi connectivity index (χ3v) is 5.68. The molecule has 1 aromatic rings. The molecule has 6 nitrogen and oxygen atoms in total. The first kappa shape index (κ1) is 18.2. The van der Waals surface area contributed by atoms with Crippen LogP contribution in [0, 0.1) is 13.8 Å². The Labute approximate surface area is 159 Å². The fourth-order valence-corrected chi connectivity index (χ4v) is 3.96. The van der Waals surface area contributed by atoms with Crippen LogP contribution in [0.5, 0.6) is 0 Å². The van der Waals surface area contributed by atoms with Crippen molar-refractivity contribution in [3.8, 4) is 0 Å². The molecular formula is C21H26N2O4. The Bertz CT molecular complexity index is 789. The lowest BCUT2D eigenvalue weighted by Gasteiger charge is -2.30. The van der Waals surface area contributed by atoms with E-state index < -0.39 is 0 Å². The van der Waals surface area contributed by atoms with Crippen molar-refractivity contribution in [1.82, 2.24) is 9.80 Å². The summed E-state index contributed by atoms with van der Waals surface area (Å²) in [5.74, 6) is -0.411. The Morgan fingerprint density at radius 2 is 1.81 bits per heavy atom. The highest BCUT2D eigenvalue weighted by molar-refractivity contribution is 6.35. The van der Waals surface area contributed by atoms with Crippen molar-refractivity contribution < 1.29 is 19.1 Å². The highest BCUT2D eigenvalue weighted by atomic mass is 16.5. The van der Waals surface area contributed by atoms with Gasteiger partial charge >= 0.3 is 0 Å². The molecule has 2 fully saturated rings. The second-order valence-corrected chi connectivity index (χ2v) is 7.48. The SMILES string of the molecule is Cc1ccc(C2=C(N3CCOCC3)C(=O)N(CC3CCCO3)C2=O)cc1C. The van der Waals surface area contributed by atoms with Crippen LogP contribution in [0.2, 0.25) is 0 Å². The second kappa shape index (κ2) is 7.44. The normalized spacial score (nSPS) is 23.7. The van der Waals surface area contributed by atoms with E-state index in [0.29, 0.717) is 50.7 Å². The minimum atomic E-state index is -0.208. The van der Waals surface area contributed by atoms with E-state index in [9.17, 15) is 9.59 Å². The van der Waals surface area contributed by atoms with Gasteiger partial charge in [0, 0.05) is 19.7 Å². The molecule has 0 N–H and O–H groups in total. The van der Waals surface area contributed by atoms with Gasteiger partial charge in [0.05, 0.1) is 31.4 Å². The van der Waals surface area contributed by atoms with Gasteiger partial charge in [-0.15, -0.1) is 0 Å². The third-order valence-electron chi connectivity index (χ3n) is 5.68. The molecule has 4 rings (SSSR count). The summed E-state index contributed by atoms with van der Waals surface area (Å²) in [6.07, 6.45) is 1.82. The number of carbonyl (C=O) groups excluding carboxylic acids is 2. The Morgan fingerprint density at radius 3 is 2.48 bits per heavy atom. The summed E-state index contributed by atoms with van der Waals surface area (Å²) in [7, 11) is 0. The number of imide groups is 1. The van der Waals surface area contributed by atoms with Crippen LogP contribution in [0.1, 0.15) is 29.5 Å². The molecule has 0 saturated carbocycles. The summed E-state index contributed by atoms with van der Waals surface area (Å²) in [4.78, 5) is 29.9. The van der Waals surface area contributed by atoms with Gasteiger partial charge in [-0.3, -0.25) is 14.5 Å². The second-order valence-electron chi connectivity index (χ2n) is 7.48. The number of hydrogen-bond acceptors (Lipinski definition) is 5. The lowest BCUT2D eigenvalue weighted by Crippen LogP contribution is -2.42. The van der Waals surface area contributed by atoms with E-state index in [1.54, 1.807) is 0 Å². The average molecular weight is 370 g/mol. The summed E-state index contributed by atoms with van der Waals surface area (Å²) < 4.78 is 11.1. The summed E-state index contributed by atoms with van der Waals surface area (Å²) in [6.45, 7) is 7.48. The molecule has 2 saturated heterocycles. The molecule has 0 aliphatic carbocycles. The molecule has 144 valence electrons. The zero-order valence-electron chi connectivity index (χ0n) is 16.0. The maximum absolute atomic E-state index is 13.3. The molecule has 0 aromatic heterocycles. The molecule has 1 unspecified atom stereocenters. The number of rotatable bonds is 4. The monoisotopic (exact) mass is 370 g/mol. The van der Waals surface area contributed by atoms with E-state index in [1.165, 1.54) is 10.5 Å². The van der Waals surface area contributed by atoms with Gasteiger partial charge in [0.1, 0.15) is 5.70 Å². The van der Waals surface area contributed by atoms with Gasteiger partial charge in [-0.25, -0.2) is 0 Å². The fourth-order valence-electron chi connectivity index (χ4n) is 3.96. The quantitative estimate of drug-likeness (QED) is 0.758. The van der Waals surface area contributed by atoms with Gasteiger partial charge in [-0.2, -0.15) is 0 Å². The van der Waals surface area contributed by atoms with E-state index >= 15 is 0 Å². The Kier molecular flexibility index (Phi) is 5.02. The standard InChI is InChI=1S/C21H26N2O4/c1-14-5-6-16(12-15(14)2)18-19(22-7-10-26-11-8-22)21(25)23(20(18)24)13-17-4-3-9-27-17/h5-6,12,17H,3-4,7-11,13H2,1-2H3. The first-order valence-electron chi connectivity index (χ1n) is 9.68. The number of aryl methyl sites for hydroxylation is 2. The summed E-state index contributed by atoms with van der Waals surface area (Å²) in [6, 6.07) is 5.96. The van der Waals surface area contributed by atoms with Gasteiger partial charge in [-0.1, -0.05) is 18.2 Å². The predicted octanol–water partition coefficient (Wildman–Crippen LogP) is 1.89. The molecule has 3 heterocycles. The highest BCUT2D eigenvalue weighted by Crippen LogP contribution is 2.33. The van der Waals surface area contributed by atoms with Crippen LogP contribution in [0.3, 0.4) is 0 Å². The molecule has 27 heavy (non-hydrogen) atoms. The largest absolute Gasteiger partial charge is 0.378 e. The van der Waals surface area contributed by atoms with Crippen molar-refractivity contribution in [3.05, 3.63) is 40.6 Å². The van der Waals surface area contributed by atoms with Gasteiger partial charge < -0.3 is 14.4 Å². The van der Waals surface area contributed by atoms with E-state index in [0.717, 1.165) is 24.0 Å². The number of morpholine rings is 1. The number of amides is 2. The van der Waals surface area contributed by atoms with Crippen molar-refractivity contribution in [2.75, 3.05) is 39.5 Å². The summed E-state index contributed by atoms with van der Waals surface area (Å²) in [5, 5.41) is 0. The number of benzene rings is 1. The molecule has 0 radical (unpaired) electrons. The van der Waals surface area contributed by atoms with Gasteiger partial charge in [0.15, 0.2) is 0 Å². The van der Waals surface area contributed by atoms with Crippen LogP contribution in [-0.4, -0.2) is 67.2 Å². The zero-order valence-corrected chi connectivity index (χ0v) is 16.0. The summed E-state index contributed by atoms with van der Waals surface area (Å²) in [5.41, 5.74) is 4.12. The number of hydrogen-bond donors (Lipinski definition) is 0. The molecule has 6 heteroatoms. The van der Waals surface area contributed by atoms with Crippen molar-refractivity contribution in [2.24, 2.45) is 0 Å². The van der Waals surface area contributed by atoms with E-state index in [4.69, 9.17) is 9.47 Å². The molecule has 1 aromatic carbocycles. The zero-order chi connectivity index (χ0) is 19.0. The summed E-state index contributed by atoms with van der Waals surface area (Å²) >= 11 is 0. The average Bonchev–Trinajstić information content (AvgIpc) is 3.27. The van der Waals surface area contributed by atoms with E-state index in [2.05, 4.69) is 0 Å². The minimum absolute atomic E-state index is 0.0528. The van der Waals surface area contributed by atoms with E-state index in [-0.39, 0.29) is 17.9 Å². The third kappa shape index (κ3) is 3.39. The molecule has 0 bridgehead atoms. The topological polar surface area (TPSA) is 59.1 Å². The van der Waals surface area contributed by atoms with Gasteiger partial charge in [0.2, 0.25) is 0 Å². The van der Waals surface area contributed by atoms with E-state index in [1.807, 2.05) is 36.9 Å². The molecule has 1 atom stereocenters. The lowest BCUT2D eigenvalue weighted by atomic mass is 9.99. The molecule has 3 aliphatic rings. The van der Waals surface area contributed by atoms with Gasteiger partial charge in [0.25, 0.3) is 11.8 Å². The van der Waals surface area contributed by atoms with Crippen LogP contribution >= 0.6 is 0 Å². The lowest BCUT2D eigenvalue weighted by molar-refractivity contribution is -0.139. The Balaban J connectivity index is 1.72. The maximum atomic E-state index is 13.3. The number of nitrogens with zero attached hydrogens (tertiary/aromatic N) is 2. The van der Waals surface area contributed by atoms with Crippen molar-refractivity contribution in [2.45, 2.75) is 32.8 Å². The molecule has 0 spiro atoms. The van der Waals surface area contributed by atoms with Crippen LogP contribution < -0.4 is 0 Å². The molecular weight excluding hydrogens is 344 g/mol. The van der Waals surface area contributed by atoms with Gasteiger partial charge in [-0.05, 0) is 43.4 Å². The van der Waals surface area contributed by atoms with Crippen LogP contribution in [-0.2, 0) is 19.1 Å². The van der Waals surface area contributed by atoms with Crippen molar-refractivity contribution in [1.29, 1.82) is 0 Å². The number of carbonyl (C=O) groups is 2. The fraction of sp³-hybridized carbons (Fsp3) is 0.524. The Morgan fingerprint density at radius 1 is 1.04 bits per heavy atom. The first-order valence-corrected chi connectivity index (χ1v) is 9.68. The smallest absolute Gasteiger partial charge is 0.277 e. The molecule has 2 amide bonds. The van der Waals surface area contributed by atoms with Crippen LogP contribution in [0.4, 0.5) is 0 Å². The maximum Gasteiger partial charge on any atom is 0.277 e. The van der Waals surface area contributed by atoms with Crippen LogP contribution in [0.25, 0.3) is 5.57 Å². The Hall–Kier alpha value is -2.18.